The van der Waals surface area contributed by atoms with E-state index in [1.807, 2.05) is 44.2 Å². The Morgan fingerprint density at radius 1 is 1.12 bits per heavy atom. The third-order valence-corrected chi connectivity index (χ3v) is 8.12. The zero-order valence-corrected chi connectivity index (χ0v) is 25.0. The van der Waals surface area contributed by atoms with Crippen molar-refractivity contribution in [2.75, 3.05) is 14.2 Å². The van der Waals surface area contributed by atoms with Crippen molar-refractivity contribution in [3.8, 4) is 17.0 Å². The number of hydrogen-bond acceptors (Lipinski definition) is 5. The van der Waals surface area contributed by atoms with E-state index in [1.54, 1.807) is 26.2 Å². The first-order valence-electron chi connectivity index (χ1n) is 14.3. The second-order valence-corrected chi connectivity index (χ2v) is 10.8. The van der Waals surface area contributed by atoms with Crippen LogP contribution in [0.25, 0.3) is 22.7 Å². The molecule has 43 heavy (non-hydrogen) atoms. The van der Waals surface area contributed by atoms with Crippen LogP contribution in [0.1, 0.15) is 70.7 Å². The van der Waals surface area contributed by atoms with E-state index in [0.29, 0.717) is 40.1 Å². The minimum Gasteiger partial charge on any atom is -0.496 e. The largest absolute Gasteiger partial charge is 0.496 e. The summed E-state index contributed by atoms with van der Waals surface area (Å²) in [6.07, 6.45) is 0.691. The van der Waals surface area contributed by atoms with Crippen molar-refractivity contribution in [1.29, 1.82) is 0 Å². The summed E-state index contributed by atoms with van der Waals surface area (Å²) in [4.78, 5) is 13.7. The highest BCUT2D eigenvalue weighted by Gasteiger charge is 2.46. The molecule has 1 atom stereocenters. The van der Waals surface area contributed by atoms with Crippen LogP contribution in [0.4, 0.5) is 8.78 Å². The van der Waals surface area contributed by atoms with Gasteiger partial charge in [-0.25, -0.2) is 8.78 Å². The normalized spacial score (nSPS) is 15.1. The Bertz CT molecular complexity index is 1680. The number of amides is 1. The van der Waals surface area contributed by atoms with Crippen molar-refractivity contribution < 1.29 is 23.4 Å². The first-order valence-corrected chi connectivity index (χ1v) is 14.3. The average Bonchev–Trinajstić information content (AvgIpc) is 3.71. The third kappa shape index (κ3) is 5.70. The summed E-state index contributed by atoms with van der Waals surface area (Å²) in [7, 11) is 4.66. The van der Waals surface area contributed by atoms with Gasteiger partial charge in [-0.1, -0.05) is 37.3 Å². The summed E-state index contributed by atoms with van der Waals surface area (Å²) in [6, 6.07) is 18.9. The van der Waals surface area contributed by atoms with Gasteiger partial charge in [-0.05, 0) is 91.9 Å². The van der Waals surface area contributed by atoms with Crippen LogP contribution >= 0.6 is 0 Å². The van der Waals surface area contributed by atoms with Crippen molar-refractivity contribution in [2.24, 2.45) is 7.05 Å². The molecule has 0 bridgehead atoms. The van der Waals surface area contributed by atoms with Gasteiger partial charge in [0.05, 0.1) is 23.8 Å². The van der Waals surface area contributed by atoms with Gasteiger partial charge in [0.1, 0.15) is 29.2 Å². The van der Waals surface area contributed by atoms with Crippen molar-refractivity contribution in [1.82, 2.24) is 20.4 Å². The molecule has 1 aliphatic carbocycles. The molecular weight excluding hydrogens is 550 g/mol. The standard InChI is InChI=1S/C34H36F2N4O3/c1-6-24(29(36)31-28(33(42)37-3)30(39-40(31)4)21-12-14-23(35)15-13-21)25-19-26(27(43-5)18-20(25)2)32(41)38-34(16-17-34)22-10-8-7-9-11-22/h7-15,18-19,33,37,42H,6,16-17H2,1-5H3,(H,38,41)/b29-24-. The minimum atomic E-state index is -1.25. The van der Waals surface area contributed by atoms with Crippen LogP contribution in [-0.4, -0.2) is 35.0 Å². The minimum absolute atomic E-state index is 0.0836. The summed E-state index contributed by atoms with van der Waals surface area (Å²) >= 11 is 0. The maximum atomic E-state index is 16.8. The van der Waals surface area contributed by atoms with Crippen LogP contribution in [0.3, 0.4) is 0 Å². The van der Waals surface area contributed by atoms with Crippen LogP contribution in [0.5, 0.6) is 5.75 Å². The van der Waals surface area contributed by atoms with Gasteiger partial charge in [0.25, 0.3) is 5.91 Å². The molecule has 224 valence electrons. The number of rotatable bonds is 10. The van der Waals surface area contributed by atoms with Gasteiger partial charge in [-0.2, -0.15) is 5.10 Å². The molecule has 1 saturated carbocycles. The smallest absolute Gasteiger partial charge is 0.255 e. The van der Waals surface area contributed by atoms with E-state index < -0.39 is 23.4 Å². The summed E-state index contributed by atoms with van der Waals surface area (Å²) < 4.78 is 37.4. The van der Waals surface area contributed by atoms with Gasteiger partial charge in [-0.15, -0.1) is 0 Å². The molecule has 1 heterocycles. The second-order valence-electron chi connectivity index (χ2n) is 10.8. The molecular formula is C34H36F2N4O3. The summed E-state index contributed by atoms with van der Waals surface area (Å²) in [5.41, 5.74) is 3.69. The van der Waals surface area contributed by atoms with Crippen LogP contribution in [-0.2, 0) is 12.6 Å². The Labute approximate surface area is 250 Å². The van der Waals surface area contributed by atoms with Crippen molar-refractivity contribution in [2.45, 2.75) is 44.9 Å². The second kappa shape index (κ2) is 12.1. The number of aliphatic hydroxyl groups is 1. The lowest BCUT2D eigenvalue weighted by Crippen LogP contribution is -2.35. The van der Waals surface area contributed by atoms with Gasteiger partial charge in [-0.3, -0.25) is 14.8 Å². The predicted octanol–water partition coefficient (Wildman–Crippen LogP) is 6.42. The summed E-state index contributed by atoms with van der Waals surface area (Å²) in [6.45, 7) is 3.67. The number of nitrogens with zero attached hydrogens (tertiary/aromatic N) is 2. The SMILES string of the molecule is CC/C(=C(/F)c1c(C(O)NC)c(-c2ccc(F)cc2)nn1C)c1cc(C(=O)NC2(c3ccccc3)CC2)c(OC)cc1C. The third-order valence-electron chi connectivity index (χ3n) is 8.12. The fourth-order valence-corrected chi connectivity index (χ4v) is 5.64. The Morgan fingerprint density at radius 2 is 1.79 bits per heavy atom. The Kier molecular flexibility index (Phi) is 8.48. The topological polar surface area (TPSA) is 88.4 Å². The quantitative estimate of drug-likeness (QED) is 0.187. The van der Waals surface area contributed by atoms with E-state index >= 15 is 4.39 Å². The zero-order valence-electron chi connectivity index (χ0n) is 25.0. The molecule has 0 spiro atoms. The van der Waals surface area contributed by atoms with Crippen LogP contribution in [0, 0.1) is 12.7 Å². The monoisotopic (exact) mass is 586 g/mol. The fraction of sp³-hybridized carbons (Fsp3) is 0.294. The number of halogens is 2. The molecule has 1 amide bonds. The maximum Gasteiger partial charge on any atom is 0.255 e. The number of carbonyl (C=O) groups is 1. The van der Waals surface area contributed by atoms with Crippen molar-refractivity contribution >= 4 is 17.3 Å². The lowest BCUT2D eigenvalue weighted by molar-refractivity contribution is 0.0927. The highest BCUT2D eigenvalue weighted by Crippen LogP contribution is 2.46. The molecule has 5 rings (SSSR count). The van der Waals surface area contributed by atoms with Crippen molar-refractivity contribution in [3.63, 3.8) is 0 Å². The van der Waals surface area contributed by atoms with Gasteiger partial charge in [0.15, 0.2) is 5.83 Å². The number of aryl methyl sites for hydroxylation is 2. The maximum absolute atomic E-state index is 16.8. The molecule has 0 saturated heterocycles. The van der Waals surface area contributed by atoms with Gasteiger partial charge in [0, 0.05) is 12.6 Å². The molecule has 1 aromatic heterocycles. The molecule has 0 aliphatic heterocycles. The molecule has 3 N–H and O–H groups in total. The molecule has 1 fully saturated rings. The van der Waals surface area contributed by atoms with Crippen molar-refractivity contribution in [3.05, 3.63) is 106 Å². The number of methoxy groups -OCH3 is 1. The Morgan fingerprint density at radius 3 is 2.37 bits per heavy atom. The number of nitrogens with one attached hydrogen (secondary N) is 2. The lowest BCUT2D eigenvalue weighted by atomic mass is 9.92. The zero-order chi connectivity index (χ0) is 30.9. The first kappa shape index (κ1) is 30.1. The average molecular weight is 587 g/mol. The van der Waals surface area contributed by atoms with E-state index in [9.17, 15) is 14.3 Å². The van der Waals surface area contributed by atoms with E-state index in [1.165, 1.54) is 36.1 Å². The molecule has 1 aliphatic rings. The first-order chi connectivity index (χ1) is 20.6. The highest BCUT2D eigenvalue weighted by atomic mass is 19.1. The predicted molar refractivity (Wildman–Crippen MR) is 163 cm³/mol. The van der Waals surface area contributed by atoms with Gasteiger partial charge < -0.3 is 15.2 Å². The molecule has 1 unspecified atom stereocenters. The molecule has 4 aromatic rings. The van der Waals surface area contributed by atoms with Gasteiger partial charge >= 0.3 is 0 Å². The number of aliphatic hydroxyl groups excluding tert-OH is 1. The van der Waals surface area contributed by atoms with E-state index in [-0.39, 0.29) is 17.2 Å². The number of hydrogen-bond donors (Lipinski definition) is 3. The molecule has 3 aromatic carbocycles. The van der Waals surface area contributed by atoms with Crippen LogP contribution in [0.15, 0.2) is 66.7 Å². The number of carbonyl (C=O) groups excluding carboxylic acids is 1. The summed E-state index contributed by atoms with van der Waals surface area (Å²) in [5, 5.41) is 21.4. The van der Waals surface area contributed by atoms with Crippen LogP contribution < -0.4 is 15.4 Å². The summed E-state index contributed by atoms with van der Waals surface area (Å²) in [5.74, 6) is -0.913. The highest BCUT2D eigenvalue weighted by molar-refractivity contribution is 6.00. The van der Waals surface area contributed by atoms with E-state index in [2.05, 4.69) is 15.7 Å². The lowest BCUT2D eigenvalue weighted by Gasteiger charge is -2.21. The molecule has 0 radical (unpaired) electrons. The van der Waals surface area contributed by atoms with E-state index in [4.69, 9.17) is 4.74 Å². The number of allylic oxidation sites excluding steroid dienone is 1. The molecule has 9 heteroatoms. The fourth-order valence-electron chi connectivity index (χ4n) is 5.64. The number of benzene rings is 3. The molecule has 7 nitrogen and oxygen atoms in total. The number of ether oxygens (including phenoxy) is 1. The van der Waals surface area contributed by atoms with Gasteiger partial charge in [0.2, 0.25) is 0 Å². The van der Waals surface area contributed by atoms with E-state index in [0.717, 1.165) is 24.0 Å². The number of aromatic nitrogens is 2. The Hall–Kier alpha value is -4.34. The van der Waals surface area contributed by atoms with Crippen LogP contribution in [0.2, 0.25) is 0 Å². The Balaban J connectivity index is 1.62.